The van der Waals surface area contributed by atoms with Crippen molar-refractivity contribution in [3.63, 3.8) is 0 Å². The molecule has 0 heterocycles. The van der Waals surface area contributed by atoms with Gasteiger partial charge in [0.2, 0.25) is 0 Å². The highest BCUT2D eigenvalue weighted by atomic mass is 16.4. The van der Waals surface area contributed by atoms with Crippen LogP contribution in [-0.2, 0) is 0 Å². The lowest BCUT2D eigenvalue weighted by Crippen LogP contribution is -2.02. The Hall–Kier alpha value is -2.08. The second kappa shape index (κ2) is 4.19. The summed E-state index contributed by atoms with van der Waals surface area (Å²) in [7, 11) is 0. The second-order valence-corrected chi connectivity index (χ2v) is 3.80. The number of allylic oxidation sites excluding steroid dienone is 2. The highest BCUT2D eigenvalue weighted by molar-refractivity contribution is 5.94. The zero-order valence-corrected chi connectivity index (χ0v) is 8.73. The SMILES string of the molecule is N#Cc1ccc(C2=CCCC2)c(C(=O)O)c1. The zero-order chi connectivity index (χ0) is 11.5. The fraction of sp³-hybridized carbons (Fsp3) is 0.231. The van der Waals surface area contributed by atoms with E-state index in [-0.39, 0.29) is 5.56 Å². The molecule has 0 aliphatic heterocycles. The number of rotatable bonds is 2. The molecule has 1 aromatic carbocycles. The van der Waals surface area contributed by atoms with Crippen molar-refractivity contribution in [3.05, 3.63) is 41.0 Å². The Morgan fingerprint density at radius 2 is 2.25 bits per heavy atom. The Bertz CT molecular complexity index is 509. The van der Waals surface area contributed by atoms with Crippen LogP contribution in [0.1, 0.15) is 40.7 Å². The van der Waals surface area contributed by atoms with Gasteiger partial charge in [0.15, 0.2) is 0 Å². The van der Waals surface area contributed by atoms with Gasteiger partial charge in [-0.05, 0) is 42.5 Å². The minimum absolute atomic E-state index is 0.229. The zero-order valence-electron chi connectivity index (χ0n) is 8.73. The van der Waals surface area contributed by atoms with Crippen LogP contribution in [0.2, 0.25) is 0 Å². The summed E-state index contributed by atoms with van der Waals surface area (Å²) in [6.45, 7) is 0. The van der Waals surface area contributed by atoms with Crippen LogP contribution in [0, 0.1) is 11.3 Å². The topological polar surface area (TPSA) is 61.1 Å². The first-order chi connectivity index (χ1) is 7.72. The van der Waals surface area contributed by atoms with Gasteiger partial charge in [0.05, 0.1) is 17.2 Å². The first-order valence-electron chi connectivity index (χ1n) is 5.19. The van der Waals surface area contributed by atoms with Gasteiger partial charge in [-0.25, -0.2) is 4.79 Å². The molecule has 0 unspecified atom stereocenters. The minimum atomic E-state index is -0.972. The molecule has 16 heavy (non-hydrogen) atoms. The molecule has 0 spiro atoms. The summed E-state index contributed by atoms with van der Waals surface area (Å²) < 4.78 is 0. The van der Waals surface area contributed by atoms with E-state index in [1.165, 1.54) is 6.07 Å². The standard InChI is InChI=1S/C13H11NO2/c14-8-9-5-6-11(10-3-1-2-4-10)12(7-9)13(15)16/h3,5-7H,1-2,4H2,(H,15,16). The third kappa shape index (κ3) is 1.82. The third-order valence-electron chi connectivity index (χ3n) is 2.77. The van der Waals surface area contributed by atoms with Crippen LogP contribution >= 0.6 is 0 Å². The van der Waals surface area contributed by atoms with Gasteiger partial charge < -0.3 is 5.11 Å². The van der Waals surface area contributed by atoms with E-state index in [9.17, 15) is 4.79 Å². The molecule has 3 heteroatoms. The van der Waals surface area contributed by atoms with Crippen molar-refractivity contribution in [2.75, 3.05) is 0 Å². The highest BCUT2D eigenvalue weighted by Gasteiger charge is 2.16. The Morgan fingerprint density at radius 1 is 1.44 bits per heavy atom. The minimum Gasteiger partial charge on any atom is -0.478 e. The van der Waals surface area contributed by atoms with Gasteiger partial charge in [0.25, 0.3) is 0 Å². The highest BCUT2D eigenvalue weighted by Crippen LogP contribution is 2.30. The van der Waals surface area contributed by atoms with Crippen LogP contribution in [0.15, 0.2) is 24.3 Å². The molecule has 80 valence electrons. The van der Waals surface area contributed by atoms with Crippen LogP contribution in [0.4, 0.5) is 0 Å². The van der Waals surface area contributed by atoms with Crippen molar-refractivity contribution in [2.45, 2.75) is 19.3 Å². The molecular formula is C13H11NO2. The lowest BCUT2D eigenvalue weighted by atomic mass is 9.97. The van der Waals surface area contributed by atoms with E-state index < -0.39 is 5.97 Å². The van der Waals surface area contributed by atoms with Crippen LogP contribution in [0.3, 0.4) is 0 Å². The van der Waals surface area contributed by atoms with E-state index in [2.05, 4.69) is 6.08 Å². The molecule has 1 N–H and O–H groups in total. The number of carbonyl (C=O) groups is 1. The van der Waals surface area contributed by atoms with Gasteiger partial charge in [-0.15, -0.1) is 0 Å². The number of carboxylic acid groups (broad SMARTS) is 1. The number of carboxylic acids is 1. The molecule has 0 bridgehead atoms. The fourth-order valence-electron chi connectivity index (χ4n) is 1.99. The van der Waals surface area contributed by atoms with E-state index >= 15 is 0 Å². The lowest BCUT2D eigenvalue weighted by Gasteiger charge is -2.07. The normalized spacial score (nSPS) is 14.3. The predicted molar refractivity (Wildman–Crippen MR) is 59.9 cm³/mol. The van der Waals surface area contributed by atoms with Gasteiger partial charge in [-0.2, -0.15) is 5.26 Å². The lowest BCUT2D eigenvalue weighted by molar-refractivity contribution is 0.0696. The number of hydrogen-bond acceptors (Lipinski definition) is 2. The van der Waals surface area contributed by atoms with E-state index in [1.54, 1.807) is 12.1 Å². The van der Waals surface area contributed by atoms with Crippen molar-refractivity contribution in [2.24, 2.45) is 0 Å². The number of nitrogens with zero attached hydrogens (tertiary/aromatic N) is 1. The summed E-state index contributed by atoms with van der Waals surface area (Å²) in [6, 6.07) is 6.80. The smallest absolute Gasteiger partial charge is 0.336 e. The molecule has 0 atom stereocenters. The summed E-state index contributed by atoms with van der Waals surface area (Å²) in [5.74, 6) is -0.972. The molecule has 1 aliphatic rings. The van der Waals surface area contributed by atoms with Crippen molar-refractivity contribution in [1.29, 1.82) is 5.26 Å². The van der Waals surface area contributed by atoms with E-state index in [4.69, 9.17) is 10.4 Å². The summed E-state index contributed by atoms with van der Waals surface area (Å²) in [5, 5.41) is 17.9. The van der Waals surface area contributed by atoms with Crippen LogP contribution < -0.4 is 0 Å². The fourth-order valence-corrected chi connectivity index (χ4v) is 1.99. The van der Waals surface area contributed by atoms with Gasteiger partial charge >= 0.3 is 5.97 Å². The van der Waals surface area contributed by atoms with Crippen molar-refractivity contribution in [1.82, 2.24) is 0 Å². The number of nitriles is 1. The molecule has 0 aromatic heterocycles. The number of aromatic carboxylic acids is 1. The Kier molecular flexibility index (Phi) is 2.74. The molecular weight excluding hydrogens is 202 g/mol. The molecule has 0 saturated heterocycles. The summed E-state index contributed by atoms with van der Waals surface area (Å²) in [4.78, 5) is 11.1. The maximum Gasteiger partial charge on any atom is 0.336 e. The largest absolute Gasteiger partial charge is 0.478 e. The van der Waals surface area contributed by atoms with Gasteiger partial charge in [0, 0.05) is 0 Å². The molecule has 0 saturated carbocycles. The van der Waals surface area contributed by atoms with Gasteiger partial charge in [-0.3, -0.25) is 0 Å². The quantitative estimate of drug-likeness (QED) is 0.821. The van der Waals surface area contributed by atoms with Gasteiger partial charge in [-0.1, -0.05) is 12.1 Å². The molecule has 3 nitrogen and oxygen atoms in total. The van der Waals surface area contributed by atoms with Crippen molar-refractivity contribution >= 4 is 11.5 Å². The van der Waals surface area contributed by atoms with Crippen LogP contribution in [-0.4, -0.2) is 11.1 Å². The molecule has 1 aliphatic carbocycles. The van der Waals surface area contributed by atoms with E-state index in [1.807, 2.05) is 6.07 Å². The molecule has 1 aromatic rings. The van der Waals surface area contributed by atoms with Crippen LogP contribution in [0.5, 0.6) is 0 Å². The Balaban J connectivity index is 2.53. The third-order valence-corrected chi connectivity index (χ3v) is 2.77. The monoisotopic (exact) mass is 213 g/mol. The maximum absolute atomic E-state index is 11.1. The van der Waals surface area contributed by atoms with E-state index in [0.29, 0.717) is 5.56 Å². The first kappa shape index (κ1) is 10.4. The van der Waals surface area contributed by atoms with Crippen molar-refractivity contribution in [3.8, 4) is 6.07 Å². The second-order valence-electron chi connectivity index (χ2n) is 3.80. The molecule has 0 fully saturated rings. The maximum atomic E-state index is 11.1. The van der Waals surface area contributed by atoms with Crippen molar-refractivity contribution < 1.29 is 9.90 Å². The predicted octanol–water partition coefficient (Wildman–Crippen LogP) is 2.82. The Labute approximate surface area is 93.6 Å². The number of benzene rings is 1. The summed E-state index contributed by atoms with van der Waals surface area (Å²) in [5.41, 5.74) is 2.46. The first-order valence-corrected chi connectivity index (χ1v) is 5.19. The van der Waals surface area contributed by atoms with Crippen LogP contribution in [0.25, 0.3) is 5.57 Å². The molecule has 2 rings (SSSR count). The number of hydrogen-bond donors (Lipinski definition) is 1. The molecule has 0 radical (unpaired) electrons. The Morgan fingerprint density at radius 3 is 2.81 bits per heavy atom. The van der Waals surface area contributed by atoms with Gasteiger partial charge in [0.1, 0.15) is 0 Å². The van der Waals surface area contributed by atoms with E-state index in [0.717, 1.165) is 30.4 Å². The average molecular weight is 213 g/mol. The average Bonchev–Trinajstić information content (AvgIpc) is 2.81. The molecule has 0 amide bonds. The summed E-state index contributed by atoms with van der Waals surface area (Å²) in [6.07, 6.45) is 5.09. The summed E-state index contributed by atoms with van der Waals surface area (Å²) >= 11 is 0.